The fraction of sp³-hybridized carbons (Fsp3) is 0.375. The van der Waals surface area contributed by atoms with Gasteiger partial charge in [-0.25, -0.2) is 9.78 Å². The van der Waals surface area contributed by atoms with Gasteiger partial charge >= 0.3 is 5.97 Å². The van der Waals surface area contributed by atoms with E-state index < -0.39 is 11.3 Å². The molecule has 1 unspecified atom stereocenters. The number of alkyl halides is 1. The van der Waals surface area contributed by atoms with Crippen LogP contribution < -0.4 is 0 Å². The van der Waals surface area contributed by atoms with E-state index in [4.69, 9.17) is 27.9 Å². The van der Waals surface area contributed by atoms with E-state index in [9.17, 15) is 4.79 Å². The third-order valence-corrected chi connectivity index (χ3v) is 4.56. The molecule has 1 heterocycles. The van der Waals surface area contributed by atoms with Gasteiger partial charge in [0.1, 0.15) is 5.38 Å². The van der Waals surface area contributed by atoms with E-state index in [1.165, 1.54) is 0 Å². The second kappa shape index (κ2) is 7.69. The highest BCUT2D eigenvalue weighted by atomic mass is 79.9. The molecule has 0 spiro atoms. The molecule has 124 valence electrons. The minimum Gasteiger partial charge on any atom is -0.461 e. The quantitative estimate of drug-likeness (QED) is 0.482. The van der Waals surface area contributed by atoms with Gasteiger partial charge in [-0.05, 0) is 54.4 Å². The van der Waals surface area contributed by atoms with Crippen molar-refractivity contribution in [1.29, 1.82) is 0 Å². The summed E-state index contributed by atoms with van der Waals surface area (Å²) in [4.78, 5) is 16.6. The van der Waals surface area contributed by atoms with Crippen molar-refractivity contribution in [3.63, 3.8) is 0 Å². The topological polar surface area (TPSA) is 44.1 Å². The molecular weight excluding hydrogens is 403 g/mol. The Kier molecular flexibility index (Phi) is 6.12. The number of rotatable bonds is 5. The number of imidazole rings is 1. The Hall–Kier alpha value is -1.04. The largest absolute Gasteiger partial charge is 0.461 e. The predicted octanol–water partition coefficient (Wildman–Crippen LogP) is 5.38. The summed E-state index contributed by atoms with van der Waals surface area (Å²) in [5.41, 5.74) is 1.66. The first-order valence-corrected chi connectivity index (χ1v) is 8.81. The second-order valence-electron chi connectivity index (χ2n) is 5.21. The lowest BCUT2D eigenvalue weighted by Crippen LogP contribution is -2.14. The molecule has 0 saturated carbocycles. The van der Waals surface area contributed by atoms with Crippen LogP contribution in [0.25, 0.3) is 0 Å². The highest BCUT2D eigenvalue weighted by molar-refractivity contribution is 9.10. The lowest BCUT2D eigenvalue weighted by Gasteiger charge is -2.18. The van der Waals surface area contributed by atoms with Crippen LogP contribution in [-0.2, 0) is 4.74 Å². The van der Waals surface area contributed by atoms with Crippen LogP contribution in [0, 0.1) is 0 Å². The number of ether oxygens (including phenoxy) is 1. The SMILES string of the molecule is CCOC(=O)c1nc(Br)n(C(C)C)c1C(Cl)c1ccc(Cl)cc1. The number of nitrogens with zero attached hydrogens (tertiary/aromatic N) is 2. The van der Waals surface area contributed by atoms with Crippen LogP contribution >= 0.6 is 39.1 Å². The van der Waals surface area contributed by atoms with Crippen LogP contribution in [0.2, 0.25) is 5.02 Å². The van der Waals surface area contributed by atoms with Crippen molar-refractivity contribution in [3.05, 3.63) is 51.0 Å². The third kappa shape index (κ3) is 3.90. The maximum absolute atomic E-state index is 12.2. The van der Waals surface area contributed by atoms with E-state index in [1.807, 2.05) is 30.5 Å². The molecule has 0 aliphatic carbocycles. The molecule has 0 N–H and O–H groups in total. The number of aromatic nitrogens is 2. The zero-order valence-corrected chi connectivity index (χ0v) is 16.1. The molecule has 23 heavy (non-hydrogen) atoms. The molecule has 7 heteroatoms. The Balaban J connectivity index is 2.57. The first-order chi connectivity index (χ1) is 10.9. The van der Waals surface area contributed by atoms with E-state index in [0.29, 0.717) is 15.5 Å². The Morgan fingerprint density at radius 1 is 1.35 bits per heavy atom. The minimum absolute atomic E-state index is 0.0728. The van der Waals surface area contributed by atoms with Crippen molar-refractivity contribution in [2.45, 2.75) is 32.2 Å². The molecule has 0 fully saturated rings. The maximum Gasteiger partial charge on any atom is 0.358 e. The van der Waals surface area contributed by atoms with E-state index in [1.54, 1.807) is 19.1 Å². The number of hydrogen-bond donors (Lipinski definition) is 0. The number of carbonyl (C=O) groups is 1. The molecule has 0 aliphatic heterocycles. The van der Waals surface area contributed by atoms with Gasteiger partial charge in [0.15, 0.2) is 10.4 Å². The first kappa shape index (κ1) is 18.3. The predicted molar refractivity (Wildman–Crippen MR) is 95.4 cm³/mol. The molecule has 0 radical (unpaired) electrons. The average Bonchev–Trinajstić information content (AvgIpc) is 2.85. The van der Waals surface area contributed by atoms with Crippen LogP contribution in [0.3, 0.4) is 0 Å². The third-order valence-electron chi connectivity index (χ3n) is 3.29. The van der Waals surface area contributed by atoms with Gasteiger partial charge in [-0.1, -0.05) is 23.7 Å². The van der Waals surface area contributed by atoms with Crippen molar-refractivity contribution in [1.82, 2.24) is 9.55 Å². The summed E-state index contributed by atoms with van der Waals surface area (Å²) in [5.74, 6) is -0.484. The molecule has 4 nitrogen and oxygen atoms in total. The monoisotopic (exact) mass is 418 g/mol. The van der Waals surface area contributed by atoms with E-state index >= 15 is 0 Å². The van der Waals surface area contributed by atoms with Crippen LogP contribution in [0.15, 0.2) is 29.0 Å². The Morgan fingerprint density at radius 2 is 1.96 bits per heavy atom. The van der Waals surface area contributed by atoms with E-state index in [2.05, 4.69) is 20.9 Å². The number of esters is 1. The highest BCUT2D eigenvalue weighted by Crippen LogP contribution is 2.36. The summed E-state index contributed by atoms with van der Waals surface area (Å²) >= 11 is 16.0. The van der Waals surface area contributed by atoms with Crippen molar-refractivity contribution in [2.75, 3.05) is 6.61 Å². The lowest BCUT2D eigenvalue weighted by atomic mass is 10.1. The first-order valence-electron chi connectivity index (χ1n) is 7.21. The van der Waals surface area contributed by atoms with Crippen molar-refractivity contribution in [3.8, 4) is 0 Å². The summed E-state index contributed by atoms with van der Waals surface area (Å²) in [6.45, 7) is 6.02. The summed E-state index contributed by atoms with van der Waals surface area (Å²) in [5, 5.41) is 0.0784. The van der Waals surface area contributed by atoms with Gasteiger partial charge in [-0.3, -0.25) is 0 Å². The normalized spacial score (nSPS) is 12.5. The summed E-state index contributed by atoms with van der Waals surface area (Å²) in [7, 11) is 0. The number of benzene rings is 1. The fourth-order valence-corrected chi connectivity index (χ4v) is 3.55. The maximum atomic E-state index is 12.2. The van der Waals surface area contributed by atoms with Gasteiger partial charge in [0, 0.05) is 11.1 Å². The zero-order valence-electron chi connectivity index (χ0n) is 13.0. The molecular formula is C16H17BrCl2N2O2. The zero-order chi connectivity index (χ0) is 17.1. The van der Waals surface area contributed by atoms with Gasteiger partial charge in [0.2, 0.25) is 0 Å². The van der Waals surface area contributed by atoms with Gasteiger partial charge in [-0.2, -0.15) is 0 Å². The van der Waals surface area contributed by atoms with E-state index in [-0.39, 0.29) is 18.3 Å². The number of carbonyl (C=O) groups excluding carboxylic acids is 1. The molecule has 0 saturated heterocycles. The molecule has 2 aromatic rings. The second-order valence-corrected chi connectivity index (χ2v) is 6.80. The highest BCUT2D eigenvalue weighted by Gasteiger charge is 2.29. The average molecular weight is 420 g/mol. The number of halogens is 3. The van der Waals surface area contributed by atoms with Crippen molar-refractivity contribution >= 4 is 45.1 Å². The Morgan fingerprint density at radius 3 is 2.48 bits per heavy atom. The van der Waals surface area contributed by atoms with Crippen LogP contribution in [0.4, 0.5) is 0 Å². The van der Waals surface area contributed by atoms with Crippen molar-refractivity contribution in [2.24, 2.45) is 0 Å². The van der Waals surface area contributed by atoms with Gasteiger partial charge < -0.3 is 9.30 Å². The molecule has 1 aromatic carbocycles. The Labute approximate surface area is 153 Å². The Bertz CT molecular complexity index is 699. The molecule has 1 atom stereocenters. The molecule has 2 rings (SSSR count). The molecule has 0 bridgehead atoms. The van der Waals surface area contributed by atoms with Crippen LogP contribution in [-0.4, -0.2) is 22.1 Å². The molecule has 1 aromatic heterocycles. The summed E-state index contributed by atoms with van der Waals surface area (Å²) in [6, 6.07) is 7.27. The summed E-state index contributed by atoms with van der Waals surface area (Å²) < 4.78 is 7.54. The molecule has 0 aliphatic rings. The van der Waals surface area contributed by atoms with Gasteiger partial charge in [0.25, 0.3) is 0 Å². The number of hydrogen-bond acceptors (Lipinski definition) is 3. The summed E-state index contributed by atoms with van der Waals surface area (Å²) in [6.07, 6.45) is 0. The smallest absolute Gasteiger partial charge is 0.358 e. The standard InChI is InChI=1S/C16H17BrCl2N2O2/c1-4-23-15(22)13-14(21(9(2)3)16(17)20-13)12(19)10-5-7-11(18)8-6-10/h5-9,12H,4H2,1-3H3. The molecule has 0 amide bonds. The van der Waals surface area contributed by atoms with Gasteiger partial charge in [0.05, 0.1) is 12.3 Å². The van der Waals surface area contributed by atoms with Crippen molar-refractivity contribution < 1.29 is 9.53 Å². The fourth-order valence-electron chi connectivity index (χ4n) is 2.29. The van der Waals surface area contributed by atoms with Crippen LogP contribution in [0.1, 0.15) is 53.9 Å². The van der Waals surface area contributed by atoms with Crippen LogP contribution in [0.5, 0.6) is 0 Å². The minimum atomic E-state index is -0.548. The van der Waals surface area contributed by atoms with Gasteiger partial charge in [-0.15, -0.1) is 11.6 Å². The lowest BCUT2D eigenvalue weighted by molar-refractivity contribution is 0.0518. The van der Waals surface area contributed by atoms with E-state index in [0.717, 1.165) is 5.56 Å².